The molecule has 7 heteroatoms. The van der Waals surface area contributed by atoms with Crippen molar-refractivity contribution in [3.8, 4) is 0 Å². The second-order valence-corrected chi connectivity index (χ2v) is 3.42. The quantitative estimate of drug-likeness (QED) is 0.449. The Balaban J connectivity index is 3.23. The van der Waals surface area contributed by atoms with E-state index in [1.165, 1.54) is 12.3 Å². The van der Waals surface area contributed by atoms with Crippen LogP contribution in [0.2, 0.25) is 0 Å². The molecule has 80 valence electrons. The van der Waals surface area contributed by atoms with Gasteiger partial charge in [0.2, 0.25) is 18.4 Å². The zero-order valence-corrected chi connectivity index (χ0v) is 9.52. The Morgan fingerprint density at radius 2 is 1.75 bits per heavy atom. The van der Waals surface area contributed by atoms with Gasteiger partial charge in [0.1, 0.15) is 5.41 Å². The molecule has 0 aromatic rings. The van der Waals surface area contributed by atoms with Gasteiger partial charge in [0, 0.05) is 6.42 Å². The van der Waals surface area contributed by atoms with Gasteiger partial charge in [-0.05, 0) is 36.7 Å². The minimum Gasteiger partial charge on any atom is -0.348 e. The predicted octanol–water partition coefficient (Wildman–Crippen LogP) is 0.559. The minimum absolute atomic E-state index is 0.114. The smallest absolute Gasteiger partial charge is 0.244 e. The minimum atomic E-state index is -1.52. The molecular weight excluding hydrogens is 246 g/mol. The fourth-order valence-electron chi connectivity index (χ4n) is 1.30. The number of hydrogen-bond donors (Lipinski definition) is 1. The van der Waals surface area contributed by atoms with Crippen LogP contribution in [0.3, 0.4) is 0 Å². The molecule has 0 bridgehead atoms. The number of thiocarbonyl (C=S) groups is 2. The summed E-state index contributed by atoms with van der Waals surface area (Å²) >= 11 is 8.93. The maximum absolute atomic E-state index is 10.8. The molecule has 0 amide bonds. The van der Waals surface area contributed by atoms with Gasteiger partial charge < -0.3 is 5.32 Å². The van der Waals surface area contributed by atoms with Crippen LogP contribution < -0.4 is 5.32 Å². The molecule has 0 fully saturated rings. The molecular formula is C9H5N3O2S2. The predicted molar refractivity (Wildman–Crippen MR) is 63.5 cm³/mol. The summed E-state index contributed by atoms with van der Waals surface area (Å²) in [5, 5.41) is 6.97. The van der Waals surface area contributed by atoms with Crippen LogP contribution in [0.25, 0.3) is 0 Å². The Kier molecular flexibility index (Phi) is 3.93. The second kappa shape index (κ2) is 5.01. The molecule has 2 radical (unpaired) electrons. The molecule has 5 nitrogen and oxygen atoms in total. The third-order valence-corrected chi connectivity index (χ3v) is 2.22. The van der Waals surface area contributed by atoms with Crippen LogP contribution in [-0.2, 0) is 9.59 Å². The number of nitrogens with zero attached hydrogens (tertiary/aromatic N) is 2. The van der Waals surface area contributed by atoms with Crippen molar-refractivity contribution >= 4 is 47.3 Å². The van der Waals surface area contributed by atoms with Crippen molar-refractivity contribution < 1.29 is 9.59 Å². The fraction of sp³-hybridized carbons (Fsp3) is 0.333. The maximum atomic E-state index is 10.8. The van der Waals surface area contributed by atoms with Gasteiger partial charge in [0.15, 0.2) is 0 Å². The number of nitrogens with one attached hydrogen (secondary N) is 1. The van der Waals surface area contributed by atoms with E-state index in [1.807, 2.05) is 0 Å². The topological polar surface area (TPSA) is 70.9 Å². The Morgan fingerprint density at radius 3 is 2.19 bits per heavy atom. The first-order valence-electron chi connectivity index (χ1n) is 4.08. The normalized spacial score (nSPS) is 25.5. The number of carbonyl (C=O) groups excluding carboxylic acids is 2. The lowest BCUT2D eigenvalue weighted by atomic mass is 9.82. The van der Waals surface area contributed by atoms with E-state index < -0.39 is 11.2 Å². The maximum Gasteiger partial charge on any atom is 0.244 e. The summed E-state index contributed by atoms with van der Waals surface area (Å²) in [6.07, 6.45) is 5.75. The molecule has 0 atom stereocenters. The number of isothiocyanates is 2. The highest BCUT2D eigenvalue weighted by molar-refractivity contribution is 7.78. The number of allylic oxidation sites excluding steroid dienone is 1. The van der Waals surface area contributed by atoms with Crippen LogP contribution in [-0.4, -0.2) is 28.7 Å². The Morgan fingerprint density at radius 1 is 1.19 bits per heavy atom. The monoisotopic (exact) mass is 251 g/mol. The van der Waals surface area contributed by atoms with Gasteiger partial charge >= 0.3 is 0 Å². The van der Waals surface area contributed by atoms with E-state index in [-0.39, 0.29) is 6.42 Å². The highest BCUT2D eigenvalue weighted by atomic mass is 32.1. The molecule has 1 N–H and O–H groups in total. The third-order valence-electron chi connectivity index (χ3n) is 2.03. The zero-order valence-electron chi connectivity index (χ0n) is 7.89. The Bertz CT molecular complexity index is 408. The molecule has 0 saturated heterocycles. The molecule has 0 aliphatic carbocycles. The van der Waals surface area contributed by atoms with E-state index in [1.54, 1.807) is 12.6 Å². The largest absolute Gasteiger partial charge is 0.348 e. The molecule has 1 heterocycles. The fourth-order valence-corrected chi connectivity index (χ4v) is 1.60. The Hall–Kier alpha value is -1.52. The van der Waals surface area contributed by atoms with Crippen LogP contribution in [0.4, 0.5) is 0 Å². The number of aliphatic imine (C=N–C) groups is 2. The van der Waals surface area contributed by atoms with Crippen molar-refractivity contribution in [1.82, 2.24) is 5.32 Å². The van der Waals surface area contributed by atoms with Crippen LogP contribution in [0.5, 0.6) is 0 Å². The second-order valence-electron chi connectivity index (χ2n) is 3.05. The van der Waals surface area contributed by atoms with Crippen molar-refractivity contribution in [3.63, 3.8) is 0 Å². The van der Waals surface area contributed by atoms with E-state index >= 15 is 0 Å². The number of rotatable bonds is 4. The van der Waals surface area contributed by atoms with Crippen LogP contribution in [0.15, 0.2) is 22.3 Å². The van der Waals surface area contributed by atoms with Gasteiger partial charge in [0.25, 0.3) is 0 Å². The summed E-state index contributed by atoms with van der Waals surface area (Å²) in [4.78, 5) is 29.0. The van der Waals surface area contributed by atoms with Crippen LogP contribution >= 0.6 is 24.4 Å². The molecule has 0 aromatic heterocycles. The van der Waals surface area contributed by atoms with Crippen LogP contribution in [0, 0.1) is 5.41 Å². The van der Waals surface area contributed by atoms with Gasteiger partial charge in [-0.15, -0.1) is 0 Å². The lowest BCUT2D eigenvalue weighted by Gasteiger charge is -2.32. The highest BCUT2D eigenvalue weighted by Crippen LogP contribution is 2.31. The van der Waals surface area contributed by atoms with Gasteiger partial charge in [-0.25, -0.2) is 0 Å². The summed E-state index contributed by atoms with van der Waals surface area (Å²) < 4.78 is 0. The average molecular weight is 251 g/mol. The van der Waals surface area contributed by atoms with E-state index in [2.05, 4.69) is 50.1 Å². The molecule has 0 unspecified atom stereocenters. The lowest BCUT2D eigenvalue weighted by Crippen LogP contribution is -2.47. The van der Waals surface area contributed by atoms with E-state index in [4.69, 9.17) is 0 Å². The van der Waals surface area contributed by atoms with Crippen molar-refractivity contribution in [2.24, 2.45) is 15.4 Å². The van der Waals surface area contributed by atoms with Gasteiger partial charge in [-0.1, -0.05) is 0 Å². The third kappa shape index (κ3) is 2.35. The van der Waals surface area contributed by atoms with Gasteiger partial charge in [-0.2, -0.15) is 9.98 Å². The molecule has 1 aliphatic rings. The molecule has 1 aliphatic heterocycles. The molecule has 0 spiro atoms. The summed E-state index contributed by atoms with van der Waals surface area (Å²) in [6, 6.07) is 0. The first kappa shape index (κ1) is 12.5. The first-order valence-corrected chi connectivity index (χ1v) is 4.90. The molecule has 0 aromatic carbocycles. The highest BCUT2D eigenvalue weighted by Gasteiger charge is 2.44. The zero-order chi connectivity index (χ0) is 12.1. The summed E-state index contributed by atoms with van der Waals surface area (Å²) in [5.74, 6) is -1.33. The summed E-state index contributed by atoms with van der Waals surface area (Å²) in [5.41, 5.74) is -1.52. The molecule has 16 heavy (non-hydrogen) atoms. The van der Waals surface area contributed by atoms with E-state index in [9.17, 15) is 9.59 Å². The van der Waals surface area contributed by atoms with E-state index in [0.29, 0.717) is 0 Å². The van der Waals surface area contributed by atoms with Crippen molar-refractivity contribution in [2.45, 2.75) is 12.2 Å². The SMILES string of the molecule is O=[C]C1([C]=O)C=CNC(N=C=S)(N=C=S)C1. The van der Waals surface area contributed by atoms with Crippen molar-refractivity contribution in [3.05, 3.63) is 12.3 Å². The summed E-state index contributed by atoms with van der Waals surface area (Å²) in [7, 11) is 0. The first-order chi connectivity index (χ1) is 7.66. The van der Waals surface area contributed by atoms with E-state index in [0.717, 1.165) is 0 Å². The number of hydrogen-bond acceptors (Lipinski definition) is 7. The summed E-state index contributed by atoms with van der Waals surface area (Å²) in [6.45, 7) is 0. The lowest BCUT2D eigenvalue weighted by molar-refractivity contribution is 0.305. The van der Waals surface area contributed by atoms with Crippen molar-refractivity contribution in [1.29, 1.82) is 0 Å². The van der Waals surface area contributed by atoms with Crippen molar-refractivity contribution in [2.75, 3.05) is 0 Å². The van der Waals surface area contributed by atoms with Gasteiger partial charge in [0.05, 0.1) is 10.3 Å². The average Bonchev–Trinajstić information content (AvgIpc) is 2.30. The van der Waals surface area contributed by atoms with Gasteiger partial charge in [-0.3, -0.25) is 9.59 Å². The molecule has 1 rings (SSSR count). The standard InChI is InChI=1S/C9H5N3O2S2/c13-4-8(5-14)1-2-10-9(3-8,11-6-15)12-7-16/h1-2,10H,3H2. The molecule has 0 saturated carbocycles. The van der Waals surface area contributed by atoms with Crippen LogP contribution in [0.1, 0.15) is 6.42 Å². The Labute approximate surface area is 102 Å².